The second-order valence-electron chi connectivity index (χ2n) is 34.3. The summed E-state index contributed by atoms with van der Waals surface area (Å²) >= 11 is 0. The minimum atomic E-state index is 0.706. The number of hydrogen-bond acceptors (Lipinski definition) is 9. The van der Waals surface area contributed by atoms with Crippen LogP contribution in [0.15, 0.2) is 505 Å². The van der Waals surface area contributed by atoms with Crippen molar-refractivity contribution in [3.05, 3.63) is 491 Å². The van der Waals surface area contributed by atoms with Gasteiger partial charge in [0.2, 0.25) is 17.1 Å². The van der Waals surface area contributed by atoms with Crippen molar-refractivity contribution < 1.29 is 13.3 Å². The summed E-state index contributed by atoms with van der Waals surface area (Å²) in [6.07, 6.45) is 0. The van der Waals surface area contributed by atoms with Crippen molar-refractivity contribution in [2.45, 2.75) is 0 Å². The second-order valence-corrected chi connectivity index (χ2v) is 34.3. The monoisotopic (exact) mass is 1770 g/mol. The topological polar surface area (TPSA) is 130 Å². The van der Waals surface area contributed by atoms with Crippen LogP contribution in [0.5, 0.6) is 0 Å². The molecule has 12 nitrogen and oxygen atoms in total. The lowest BCUT2D eigenvalue weighted by molar-refractivity contribution is 0.658. The molecule has 0 saturated heterocycles. The third-order valence-electron chi connectivity index (χ3n) is 25.9. The summed E-state index contributed by atoms with van der Waals surface area (Å²) < 4.78 is 26.7. The molecule has 9 heterocycles. The van der Waals surface area contributed by atoms with E-state index in [-0.39, 0.29) is 0 Å². The zero-order chi connectivity index (χ0) is 91.4. The maximum absolute atomic E-state index is 6.80. The fourth-order valence-corrected chi connectivity index (χ4v) is 19.3. The molecule has 0 N–H and O–H groups in total. The number of aromatic nitrogens is 9. The fraction of sp³-hybridized carbons (Fsp3) is 0. The van der Waals surface area contributed by atoms with Gasteiger partial charge in [-0.25, -0.2) is 29.9 Å². The molecule has 648 valence electrons. The van der Waals surface area contributed by atoms with Gasteiger partial charge in [0.25, 0.3) is 0 Å². The molecule has 138 heavy (non-hydrogen) atoms. The molecule has 27 aromatic rings. The van der Waals surface area contributed by atoms with Crippen LogP contribution in [0.1, 0.15) is 0 Å². The summed E-state index contributed by atoms with van der Waals surface area (Å²) in [5.74, 6) is 2.13. The molecule has 0 aliphatic carbocycles. The van der Waals surface area contributed by atoms with Gasteiger partial charge in [-0.1, -0.05) is 419 Å². The van der Waals surface area contributed by atoms with Crippen LogP contribution < -0.4 is 0 Å². The highest BCUT2D eigenvalue weighted by Gasteiger charge is 2.27. The highest BCUT2D eigenvalue weighted by Crippen LogP contribution is 2.47. The standard InChI is InChI=1S/3C42H27N3O/c1-4-13-28(14-5-1)33-20-12-22-38-40(33)46-42-39(34-19-10-11-21-37(34)45(38)42)31-25-23-30(24-26-31)36-27-35(29-15-6-2-7-16-29)43-41(44-36)32-17-8-3-9-18-32;1-4-12-29(13-5-1)35-27-36(44-41(43-35)32-16-8-3-9-17-32)30-22-20-28(21-23-30)33-24-25-37-34(26-33)40(31-14-6-2-7-15-31)42-45(37)38-18-10-11-19-39(38)46-42;1-4-12-28(13-5-1)33-24-25-38-39(26-33)46-42-40(34-18-10-11-19-37(34)45(38)42)31-22-20-30(21-23-31)36-27-35(29-14-6-2-7-15-29)43-41(44-36)32-16-8-3-9-17-32/h3*1-27H. The number of oxazole rings is 3. The van der Waals surface area contributed by atoms with Crippen LogP contribution in [0, 0.1) is 0 Å². The summed E-state index contributed by atoms with van der Waals surface area (Å²) in [5, 5.41) is 3.47. The molecule has 0 amide bonds. The van der Waals surface area contributed by atoms with E-state index in [9.17, 15) is 0 Å². The van der Waals surface area contributed by atoms with Crippen LogP contribution in [-0.4, -0.2) is 43.1 Å². The zero-order valence-corrected chi connectivity index (χ0v) is 74.5. The van der Waals surface area contributed by atoms with E-state index in [1.54, 1.807) is 0 Å². The summed E-state index contributed by atoms with van der Waals surface area (Å²) in [6, 6.07) is 170. The maximum Gasteiger partial charge on any atom is 0.213 e. The lowest BCUT2D eigenvalue weighted by Gasteiger charge is -2.10. The zero-order valence-electron chi connectivity index (χ0n) is 74.5. The van der Waals surface area contributed by atoms with Crippen molar-refractivity contribution in [3.8, 4) is 168 Å². The molecule has 9 aromatic heterocycles. The van der Waals surface area contributed by atoms with Gasteiger partial charge in [-0.15, -0.1) is 0 Å². The molecule has 0 unspecified atom stereocenters. The van der Waals surface area contributed by atoms with Crippen LogP contribution >= 0.6 is 0 Å². The van der Waals surface area contributed by atoms with E-state index in [4.69, 9.17) is 43.2 Å². The first kappa shape index (κ1) is 81.2. The maximum atomic E-state index is 6.80. The number of fused-ring (bicyclic) bond motifs is 15. The first-order valence-electron chi connectivity index (χ1n) is 46.3. The van der Waals surface area contributed by atoms with E-state index >= 15 is 0 Å². The normalized spacial score (nSPS) is 11.5. The second kappa shape index (κ2) is 35.1. The lowest BCUT2D eigenvalue weighted by Crippen LogP contribution is -1.95. The van der Waals surface area contributed by atoms with Gasteiger partial charge in [-0.05, 0) is 117 Å². The number of hydrogen-bond donors (Lipinski definition) is 0. The Morgan fingerprint density at radius 2 is 0.413 bits per heavy atom. The Balaban J connectivity index is 0.000000110. The van der Waals surface area contributed by atoms with Gasteiger partial charge in [0.1, 0.15) is 0 Å². The molecule has 0 radical (unpaired) electrons. The van der Waals surface area contributed by atoms with Gasteiger partial charge < -0.3 is 13.3 Å². The van der Waals surface area contributed by atoms with Crippen molar-refractivity contribution in [1.29, 1.82) is 0 Å². The van der Waals surface area contributed by atoms with Gasteiger partial charge >= 0.3 is 0 Å². The highest BCUT2D eigenvalue weighted by molar-refractivity contribution is 6.11. The fourth-order valence-electron chi connectivity index (χ4n) is 19.3. The van der Waals surface area contributed by atoms with E-state index in [0.717, 1.165) is 229 Å². The van der Waals surface area contributed by atoms with Crippen molar-refractivity contribution in [2.75, 3.05) is 0 Å². The van der Waals surface area contributed by atoms with Gasteiger partial charge in [0.15, 0.2) is 34.2 Å². The smallest absolute Gasteiger partial charge is 0.213 e. The molecule has 27 rings (SSSR count). The van der Waals surface area contributed by atoms with Gasteiger partial charge in [0, 0.05) is 71.8 Å². The SMILES string of the molecule is c1ccc(-c2cc(-c3ccc(-c4c5ccccc5n5c4oc4c(-c6ccccc6)cccc45)cc3)nc(-c3ccccc3)n2)cc1.c1ccc(-c2cc(-c3ccc(-c4ccc5c(c4)c(-c4ccccc4)c4oc6ccccc6n45)cc3)nc(-c3ccccc3)n2)cc1.c1ccc(-c2ccc3c(c2)oc2c(-c4ccc(-c5cc(-c6ccccc6)nc(-c6ccccc6)n5)cc4)c4ccccc4n23)cc1. The van der Waals surface area contributed by atoms with Crippen molar-refractivity contribution in [3.63, 3.8) is 0 Å². The van der Waals surface area contributed by atoms with Gasteiger partial charge in [-0.3, -0.25) is 13.2 Å². The highest BCUT2D eigenvalue weighted by atomic mass is 16.4. The quantitative estimate of drug-likeness (QED) is 0.0985. The minimum absolute atomic E-state index is 0.706. The summed E-state index contributed by atoms with van der Waals surface area (Å²) in [6.45, 7) is 0. The van der Waals surface area contributed by atoms with Crippen LogP contribution in [0.2, 0.25) is 0 Å². The third-order valence-corrected chi connectivity index (χ3v) is 25.9. The molecule has 0 spiro atoms. The molecular weight excluding hydrogens is 1690 g/mol. The van der Waals surface area contributed by atoms with Gasteiger partial charge in [-0.2, -0.15) is 0 Å². The number of para-hydroxylation sites is 5. The first-order chi connectivity index (χ1) is 68.4. The number of benzene rings is 18. The molecule has 18 aromatic carbocycles. The molecule has 0 aliphatic heterocycles. The third kappa shape index (κ3) is 15.1. The van der Waals surface area contributed by atoms with E-state index in [0.29, 0.717) is 17.5 Å². The summed E-state index contributed by atoms with van der Waals surface area (Å²) in [5.41, 5.74) is 39.7. The summed E-state index contributed by atoms with van der Waals surface area (Å²) in [7, 11) is 0. The Labute approximate surface area is 794 Å². The Morgan fingerprint density at radius 3 is 0.841 bits per heavy atom. The Morgan fingerprint density at radius 1 is 0.152 bits per heavy atom. The Kier molecular flexibility index (Phi) is 20.6. The van der Waals surface area contributed by atoms with Gasteiger partial charge in [0.05, 0.1) is 84.0 Å². The van der Waals surface area contributed by atoms with Crippen LogP contribution in [0.25, 0.3) is 252 Å². The van der Waals surface area contributed by atoms with Crippen LogP contribution in [0.3, 0.4) is 0 Å². The molecule has 0 bridgehead atoms. The average Bonchev–Trinajstić information content (AvgIpc) is 1.57. The molecule has 12 heteroatoms. The largest absolute Gasteiger partial charge is 0.438 e. The minimum Gasteiger partial charge on any atom is -0.438 e. The number of rotatable bonds is 15. The van der Waals surface area contributed by atoms with Crippen LogP contribution in [0.4, 0.5) is 0 Å². The molecular formula is C126H81N9O3. The summed E-state index contributed by atoms with van der Waals surface area (Å²) in [4.78, 5) is 29.9. The van der Waals surface area contributed by atoms with Crippen LogP contribution in [-0.2, 0) is 0 Å². The van der Waals surface area contributed by atoms with E-state index in [1.165, 1.54) is 5.56 Å². The predicted octanol–water partition coefficient (Wildman–Crippen LogP) is 32.9. The Hall–Kier alpha value is -18.8. The van der Waals surface area contributed by atoms with Crippen molar-refractivity contribution in [1.82, 2.24) is 43.1 Å². The number of nitrogens with zero attached hydrogens (tertiary/aromatic N) is 9. The molecule has 0 aliphatic rings. The van der Waals surface area contributed by atoms with E-state index in [2.05, 4.69) is 365 Å². The van der Waals surface area contributed by atoms with Crippen molar-refractivity contribution >= 4 is 83.1 Å². The van der Waals surface area contributed by atoms with E-state index < -0.39 is 0 Å². The molecule has 0 fully saturated rings. The van der Waals surface area contributed by atoms with E-state index in [1.807, 2.05) is 140 Å². The first-order valence-corrected chi connectivity index (χ1v) is 46.3. The van der Waals surface area contributed by atoms with Crippen molar-refractivity contribution in [2.24, 2.45) is 0 Å². The average molecular weight is 1770 g/mol. The Bertz CT molecular complexity index is 9010. The molecule has 0 atom stereocenters. The molecule has 0 saturated carbocycles. The predicted molar refractivity (Wildman–Crippen MR) is 562 cm³/mol. The lowest BCUT2D eigenvalue weighted by atomic mass is 9.98.